The fourth-order valence-electron chi connectivity index (χ4n) is 3.67. The van der Waals surface area contributed by atoms with Crippen LogP contribution in [0.3, 0.4) is 0 Å². The minimum atomic E-state index is -0.360. The Balaban J connectivity index is 1.45. The first kappa shape index (κ1) is 21.0. The van der Waals surface area contributed by atoms with Crippen LogP contribution in [0.4, 0.5) is 16.3 Å². The second-order valence-corrected chi connectivity index (χ2v) is 7.40. The molecule has 0 aliphatic rings. The summed E-state index contributed by atoms with van der Waals surface area (Å²) in [5, 5.41) is 10.6. The summed E-state index contributed by atoms with van der Waals surface area (Å²) in [6, 6.07) is 13.7. The monoisotopic (exact) mass is 457 g/mol. The van der Waals surface area contributed by atoms with Crippen LogP contribution in [0.25, 0.3) is 21.8 Å². The number of fused-ring (bicyclic) bond motifs is 2. The zero-order valence-corrected chi connectivity index (χ0v) is 18.2. The van der Waals surface area contributed by atoms with Gasteiger partial charge in [0.05, 0.1) is 23.8 Å². The van der Waals surface area contributed by atoms with Crippen LogP contribution in [0.15, 0.2) is 65.4 Å². The molecule has 3 aromatic heterocycles. The molecule has 2 N–H and O–H groups in total. The van der Waals surface area contributed by atoms with Crippen molar-refractivity contribution in [2.45, 2.75) is 6.92 Å². The average Bonchev–Trinajstić information content (AvgIpc) is 3.44. The van der Waals surface area contributed by atoms with Gasteiger partial charge in [0.2, 0.25) is 6.41 Å². The van der Waals surface area contributed by atoms with E-state index < -0.39 is 0 Å². The molecule has 10 heteroatoms. The number of methoxy groups -OCH3 is 1. The number of aryl methyl sites for hydroxylation is 1. The number of benzene rings is 2. The van der Waals surface area contributed by atoms with Gasteiger partial charge in [-0.15, -0.1) is 0 Å². The molecule has 0 aliphatic carbocycles. The number of ether oxygens (including phenoxy) is 2. The lowest BCUT2D eigenvalue weighted by atomic mass is 10.1. The van der Waals surface area contributed by atoms with Gasteiger partial charge in [0.25, 0.3) is 0 Å². The van der Waals surface area contributed by atoms with E-state index >= 15 is 0 Å². The number of nitrogens with one attached hydrogen (secondary N) is 2. The average molecular weight is 457 g/mol. The largest absolute Gasteiger partial charge is 0.494 e. The number of pyridine rings is 1. The third-order valence-electron chi connectivity index (χ3n) is 5.21. The van der Waals surface area contributed by atoms with E-state index in [1.165, 1.54) is 11.7 Å². The Hall–Kier alpha value is -4.86. The molecule has 0 saturated carbocycles. The lowest BCUT2D eigenvalue weighted by molar-refractivity contribution is -0.105. The predicted octanol–water partition coefficient (Wildman–Crippen LogP) is 4.94. The van der Waals surface area contributed by atoms with Crippen LogP contribution >= 0.6 is 0 Å². The van der Waals surface area contributed by atoms with Crippen molar-refractivity contribution in [2.24, 2.45) is 0 Å². The zero-order chi connectivity index (χ0) is 23.7. The van der Waals surface area contributed by atoms with Crippen molar-refractivity contribution in [1.82, 2.24) is 14.7 Å². The molecular formula is C24H19N5O5. The quantitative estimate of drug-likeness (QED) is 0.347. The number of nitrogens with zero attached hydrogens (tertiary/aromatic N) is 3. The SMILES string of the molecule is COc1cc2nccc(Oc3ccc4c(ccn4C(=O)Nc4cc(C)on4)c3)c2cc1NC=O. The fourth-order valence-corrected chi connectivity index (χ4v) is 3.67. The maximum absolute atomic E-state index is 12.6. The van der Waals surface area contributed by atoms with Gasteiger partial charge in [-0.05, 0) is 43.3 Å². The normalized spacial score (nSPS) is 10.9. The Labute approximate surface area is 193 Å². The Morgan fingerprint density at radius 2 is 2.00 bits per heavy atom. The highest BCUT2D eigenvalue weighted by molar-refractivity contribution is 5.98. The lowest BCUT2D eigenvalue weighted by Gasteiger charge is -2.12. The summed E-state index contributed by atoms with van der Waals surface area (Å²) in [6.07, 6.45) is 3.89. The smallest absolute Gasteiger partial charge is 0.331 e. The van der Waals surface area contributed by atoms with Gasteiger partial charge in [0, 0.05) is 35.3 Å². The summed E-state index contributed by atoms with van der Waals surface area (Å²) in [5.74, 6) is 2.57. The predicted molar refractivity (Wildman–Crippen MR) is 126 cm³/mol. The van der Waals surface area contributed by atoms with Gasteiger partial charge in [-0.3, -0.25) is 19.7 Å². The minimum Gasteiger partial charge on any atom is -0.494 e. The molecule has 2 aromatic carbocycles. The molecule has 0 fully saturated rings. The van der Waals surface area contributed by atoms with Crippen molar-refractivity contribution < 1.29 is 23.6 Å². The van der Waals surface area contributed by atoms with Crippen LogP contribution in [0.2, 0.25) is 0 Å². The van der Waals surface area contributed by atoms with E-state index in [-0.39, 0.29) is 6.03 Å². The van der Waals surface area contributed by atoms with Crippen LogP contribution in [0, 0.1) is 6.92 Å². The van der Waals surface area contributed by atoms with Crippen LogP contribution in [0.5, 0.6) is 17.2 Å². The van der Waals surface area contributed by atoms with Crippen molar-refractivity contribution in [1.29, 1.82) is 0 Å². The van der Waals surface area contributed by atoms with E-state index in [2.05, 4.69) is 20.8 Å². The highest BCUT2D eigenvalue weighted by atomic mass is 16.5. The Kier molecular flexibility index (Phi) is 5.30. The first-order chi connectivity index (χ1) is 16.6. The topological polar surface area (TPSA) is 121 Å². The first-order valence-corrected chi connectivity index (χ1v) is 10.3. The van der Waals surface area contributed by atoms with Crippen molar-refractivity contribution in [3.8, 4) is 17.2 Å². The molecule has 34 heavy (non-hydrogen) atoms. The second-order valence-electron chi connectivity index (χ2n) is 7.40. The van der Waals surface area contributed by atoms with Crippen molar-refractivity contribution in [3.05, 3.63) is 66.7 Å². The molecule has 5 rings (SSSR count). The number of hydrogen-bond donors (Lipinski definition) is 2. The van der Waals surface area contributed by atoms with Gasteiger partial charge in [-0.1, -0.05) is 5.16 Å². The highest BCUT2D eigenvalue weighted by Crippen LogP contribution is 2.36. The molecule has 170 valence electrons. The molecule has 3 heterocycles. The number of carbonyl (C=O) groups excluding carboxylic acids is 2. The van der Waals surface area contributed by atoms with Gasteiger partial charge in [0.1, 0.15) is 23.0 Å². The fraction of sp³-hybridized carbons (Fsp3) is 0.0833. The molecule has 0 aliphatic heterocycles. The Morgan fingerprint density at radius 1 is 1.12 bits per heavy atom. The molecular weight excluding hydrogens is 438 g/mol. The van der Waals surface area contributed by atoms with Crippen LogP contribution in [0.1, 0.15) is 5.76 Å². The van der Waals surface area contributed by atoms with E-state index in [4.69, 9.17) is 14.0 Å². The standard InChI is InChI=1S/C24H19N5O5/c1-14-9-23(28-34-14)27-24(31)29-8-6-15-10-16(3-4-20(15)29)33-21-5-7-25-18-12-22(32-2)19(26-13-30)11-17(18)21/h3-13H,1-2H3,(H,26,30)(H,27,28,31). The lowest BCUT2D eigenvalue weighted by Crippen LogP contribution is -2.18. The van der Waals surface area contributed by atoms with Gasteiger partial charge >= 0.3 is 6.03 Å². The molecule has 0 atom stereocenters. The number of rotatable bonds is 6. The molecule has 0 unspecified atom stereocenters. The number of anilines is 2. The van der Waals surface area contributed by atoms with Crippen LogP contribution in [-0.4, -0.2) is 34.3 Å². The summed E-state index contributed by atoms with van der Waals surface area (Å²) in [7, 11) is 1.52. The summed E-state index contributed by atoms with van der Waals surface area (Å²) in [6.45, 7) is 1.75. The van der Waals surface area contributed by atoms with Gasteiger partial charge < -0.3 is 19.3 Å². The van der Waals surface area contributed by atoms with E-state index in [1.54, 1.807) is 55.7 Å². The molecule has 0 spiro atoms. The summed E-state index contributed by atoms with van der Waals surface area (Å²) in [5.41, 5.74) is 1.85. The minimum absolute atomic E-state index is 0.342. The van der Waals surface area contributed by atoms with E-state index in [0.29, 0.717) is 57.3 Å². The van der Waals surface area contributed by atoms with E-state index in [1.807, 2.05) is 12.1 Å². The summed E-state index contributed by atoms with van der Waals surface area (Å²) in [4.78, 5) is 28.0. The van der Waals surface area contributed by atoms with Crippen LogP contribution in [-0.2, 0) is 4.79 Å². The number of hydrogen-bond acceptors (Lipinski definition) is 7. The zero-order valence-electron chi connectivity index (χ0n) is 18.2. The third kappa shape index (κ3) is 3.88. The van der Waals surface area contributed by atoms with E-state index in [9.17, 15) is 9.59 Å². The molecule has 5 aromatic rings. The molecule has 0 saturated heterocycles. The molecule has 0 bridgehead atoms. The van der Waals surface area contributed by atoms with Crippen molar-refractivity contribution in [3.63, 3.8) is 0 Å². The second kappa shape index (κ2) is 8.58. The van der Waals surface area contributed by atoms with Gasteiger partial charge in [-0.25, -0.2) is 4.79 Å². The molecule has 10 nitrogen and oxygen atoms in total. The third-order valence-corrected chi connectivity index (χ3v) is 5.21. The first-order valence-electron chi connectivity index (χ1n) is 10.3. The van der Waals surface area contributed by atoms with Crippen molar-refractivity contribution >= 4 is 45.8 Å². The molecule has 0 radical (unpaired) electrons. The Morgan fingerprint density at radius 3 is 2.76 bits per heavy atom. The summed E-state index contributed by atoms with van der Waals surface area (Å²) >= 11 is 0. The maximum Gasteiger partial charge on any atom is 0.331 e. The highest BCUT2D eigenvalue weighted by Gasteiger charge is 2.14. The van der Waals surface area contributed by atoms with Gasteiger partial charge in [-0.2, -0.15) is 0 Å². The van der Waals surface area contributed by atoms with Gasteiger partial charge in [0.15, 0.2) is 5.82 Å². The van der Waals surface area contributed by atoms with Crippen LogP contribution < -0.4 is 20.1 Å². The summed E-state index contributed by atoms with van der Waals surface area (Å²) < 4.78 is 17.9. The number of amides is 2. The maximum atomic E-state index is 12.6. The van der Waals surface area contributed by atoms with Crippen molar-refractivity contribution in [2.75, 3.05) is 17.7 Å². The molecule has 2 amide bonds. The number of aromatic nitrogens is 3. The van der Waals surface area contributed by atoms with E-state index in [0.717, 1.165) is 5.39 Å². The number of carbonyl (C=O) groups is 2. The Bertz CT molecular complexity index is 1540.